The van der Waals surface area contributed by atoms with Gasteiger partial charge < -0.3 is 10.4 Å². The smallest absolute Gasteiger partial charge is 0.306 e. The molecule has 2 rings (SSSR count). The molecule has 102 valence electrons. The van der Waals surface area contributed by atoms with E-state index in [-0.39, 0.29) is 17.6 Å². The van der Waals surface area contributed by atoms with Gasteiger partial charge in [0, 0.05) is 12.1 Å². The molecule has 0 radical (unpaired) electrons. The van der Waals surface area contributed by atoms with Gasteiger partial charge in [0.1, 0.15) is 12.0 Å². The standard InChI is InChI=1S/C11H12BrN3O4/c12-9-4-8(15(18)19)5-13-10(9)14-7-2-1-6(3-7)11(16)17/h4-7H,1-3H2,(H,13,14)(H,16,17)/t6-,7+/m1/s1. The Morgan fingerprint density at radius 3 is 2.84 bits per heavy atom. The highest BCUT2D eigenvalue weighted by Crippen LogP contribution is 2.31. The van der Waals surface area contributed by atoms with E-state index < -0.39 is 10.9 Å². The van der Waals surface area contributed by atoms with Gasteiger partial charge in [0.05, 0.1) is 15.3 Å². The van der Waals surface area contributed by atoms with Crippen LogP contribution in [-0.4, -0.2) is 27.0 Å². The maximum absolute atomic E-state index is 10.9. The molecule has 0 saturated heterocycles. The Balaban J connectivity index is 2.04. The number of hydrogen-bond donors (Lipinski definition) is 2. The quantitative estimate of drug-likeness (QED) is 0.649. The third-order valence-corrected chi connectivity index (χ3v) is 3.76. The summed E-state index contributed by atoms with van der Waals surface area (Å²) < 4.78 is 0.500. The molecular formula is C11H12BrN3O4. The first-order valence-electron chi connectivity index (χ1n) is 5.76. The molecule has 7 nitrogen and oxygen atoms in total. The predicted octanol–water partition coefficient (Wildman–Crippen LogP) is 2.42. The number of rotatable bonds is 4. The molecule has 1 heterocycles. The van der Waals surface area contributed by atoms with Crippen molar-refractivity contribution in [1.29, 1.82) is 0 Å². The molecule has 8 heteroatoms. The number of pyridine rings is 1. The predicted molar refractivity (Wildman–Crippen MR) is 71.0 cm³/mol. The summed E-state index contributed by atoms with van der Waals surface area (Å²) in [4.78, 5) is 24.9. The molecule has 0 aromatic carbocycles. The number of aliphatic carboxylic acids is 1. The number of carboxylic acids is 1. The van der Waals surface area contributed by atoms with Crippen LogP contribution >= 0.6 is 15.9 Å². The summed E-state index contributed by atoms with van der Waals surface area (Å²) in [7, 11) is 0. The summed E-state index contributed by atoms with van der Waals surface area (Å²) in [5, 5.41) is 22.6. The van der Waals surface area contributed by atoms with Crippen LogP contribution < -0.4 is 5.32 Å². The highest BCUT2D eigenvalue weighted by atomic mass is 79.9. The molecule has 1 aliphatic rings. The van der Waals surface area contributed by atoms with Crippen molar-refractivity contribution in [2.45, 2.75) is 25.3 Å². The van der Waals surface area contributed by atoms with Crippen molar-refractivity contribution in [1.82, 2.24) is 4.98 Å². The van der Waals surface area contributed by atoms with Gasteiger partial charge in [0.15, 0.2) is 0 Å². The van der Waals surface area contributed by atoms with Crippen LogP contribution in [-0.2, 0) is 4.79 Å². The number of nitro groups is 1. The van der Waals surface area contributed by atoms with Crippen LogP contribution in [0.25, 0.3) is 0 Å². The summed E-state index contributed by atoms with van der Waals surface area (Å²) >= 11 is 3.22. The van der Waals surface area contributed by atoms with Crippen molar-refractivity contribution >= 4 is 33.4 Å². The Labute approximate surface area is 117 Å². The van der Waals surface area contributed by atoms with Crippen molar-refractivity contribution in [3.8, 4) is 0 Å². The Hall–Kier alpha value is -1.70. The molecule has 1 fully saturated rings. The van der Waals surface area contributed by atoms with Gasteiger partial charge in [-0.25, -0.2) is 4.98 Å². The fourth-order valence-electron chi connectivity index (χ4n) is 2.16. The summed E-state index contributed by atoms with van der Waals surface area (Å²) in [5.74, 6) is -0.601. The van der Waals surface area contributed by atoms with E-state index in [0.29, 0.717) is 23.1 Å². The van der Waals surface area contributed by atoms with Gasteiger partial charge in [-0.15, -0.1) is 0 Å². The molecule has 1 saturated carbocycles. The lowest BCUT2D eigenvalue weighted by Gasteiger charge is -2.14. The first kappa shape index (κ1) is 13.7. The number of anilines is 1. The second-order valence-corrected chi connectivity index (χ2v) is 5.32. The first-order valence-corrected chi connectivity index (χ1v) is 6.56. The van der Waals surface area contributed by atoms with Gasteiger partial charge in [0.2, 0.25) is 0 Å². The molecule has 19 heavy (non-hydrogen) atoms. The molecule has 0 aliphatic heterocycles. The van der Waals surface area contributed by atoms with Crippen LogP contribution in [0.1, 0.15) is 19.3 Å². The van der Waals surface area contributed by atoms with Gasteiger partial charge in [-0.05, 0) is 35.2 Å². The monoisotopic (exact) mass is 329 g/mol. The van der Waals surface area contributed by atoms with E-state index in [2.05, 4.69) is 26.2 Å². The van der Waals surface area contributed by atoms with E-state index in [9.17, 15) is 14.9 Å². The Morgan fingerprint density at radius 2 is 2.32 bits per heavy atom. The lowest BCUT2D eigenvalue weighted by atomic mass is 10.1. The third kappa shape index (κ3) is 3.19. The zero-order chi connectivity index (χ0) is 14.0. The van der Waals surface area contributed by atoms with Gasteiger partial charge in [-0.3, -0.25) is 14.9 Å². The van der Waals surface area contributed by atoms with Crippen LogP contribution in [0.3, 0.4) is 0 Å². The maximum Gasteiger partial charge on any atom is 0.306 e. The lowest BCUT2D eigenvalue weighted by molar-refractivity contribution is -0.385. The molecule has 1 aromatic rings. The van der Waals surface area contributed by atoms with Crippen molar-refractivity contribution in [2.75, 3.05) is 5.32 Å². The Kier molecular flexibility index (Phi) is 3.98. The number of carboxylic acid groups (broad SMARTS) is 1. The average molecular weight is 330 g/mol. The molecule has 0 bridgehead atoms. The first-order chi connectivity index (χ1) is 8.97. The molecule has 0 spiro atoms. The van der Waals surface area contributed by atoms with Crippen molar-refractivity contribution in [2.24, 2.45) is 5.92 Å². The van der Waals surface area contributed by atoms with Crippen molar-refractivity contribution in [3.63, 3.8) is 0 Å². The molecule has 1 aromatic heterocycles. The minimum atomic E-state index is -0.778. The van der Waals surface area contributed by atoms with Crippen LogP contribution in [0.2, 0.25) is 0 Å². The van der Waals surface area contributed by atoms with E-state index in [1.54, 1.807) is 0 Å². The minimum Gasteiger partial charge on any atom is -0.481 e. The Morgan fingerprint density at radius 1 is 1.58 bits per heavy atom. The SMILES string of the molecule is O=C(O)[C@@H]1CC[C@H](Nc2ncc([N+](=O)[O-])cc2Br)C1. The fraction of sp³-hybridized carbons (Fsp3) is 0.455. The summed E-state index contributed by atoms with van der Waals surface area (Å²) in [5.41, 5.74) is -0.0905. The van der Waals surface area contributed by atoms with Crippen molar-refractivity contribution < 1.29 is 14.8 Å². The largest absolute Gasteiger partial charge is 0.481 e. The van der Waals surface area contributed by atoms with E-state index in [4.69, 9.17) is 5.11 Å². The molecule has 2 atom stereocenters. The van der Waals surface area contributed by atoms with Gasteiger partial charge >= 0.3 is 5.97 Å². The van der Waals surface area contributed by atoms with Crippen LogP contribution in [0.4, 0.5) is 11.5 Å². The minimum absolute atomic E-state index is 0.0337. The van der Waals surface area contributed by atoms with Crippen molar-refractivity contribution in [3.05, 3.63) is 26.9 Å². The second kappa shape index (κ2) is 5.52. The number of nitrogens with one attached hydrogen (secondary N) is 1. The number of halogens is 1. The normalized spacial score (nSPS) is 22.2. The number of nitrogens with zero attached hydrogens (tertiary/aromatic N) is 2. The lowest BCUT2D eigenvalue weighted by Crippen LogP contribution is -2.18. The highest BCUT2D eigenvalue weighted by molar-refractivity contribution is 9.10. The maximum atomic E-state index is 10.9. The molecular weight excluding hydrogens is 318 g/mol. The van der Waals surface area contributed by atoms with E-state index in [0.717, 1.165) is 6.42 Å². The van der Waals surface area contributed by atoms with E-state index >= 15 is 0 Å². The third-order valence-electron chi connectivity index (χ3n) is 3.16. The van der Waals surface area contributed by atoms with Crippen LogP contribution in [0, 0.1) is 16.0 Å². The summed E-state index contributed by atoms with van der Waals surface area (Å²) in [6.07, 6.45) is 3.11. The van der Waals surface area contributed by atoms with E-state index in [1.807, 2.05) is 0 Å². The van der Waals surface area contributed by atoms with Gasteiger partial charge in [0.25, 0.3) is 5.69 Å². The number of carbonyl (C=O) groups is 1. The van der Waals surface area contributed by atoms with E-state index in [1.165, 1.54) is 12.3 Å². The second-order valence-electron chi connectivity index (χ2n) is 4.47. The van der Waals surface area contributed by atoms with Crippen LogP contribution in [0.15, 0.2) is 16.7 Å². The van der Waals surface area contributed by atoms with Gasteiger partial charge in [-0.1, -0.05) is 0 Å². The Bertz CT molecular complexity index is 523. The zero-order valence-electron chi connectivity index (χ0n) is 9.88. The molecule has 0 unspecified atom stereocenters. The number of aromatic nitrogens is 1. The average Bonchev–Trinajstić information content (AvgIpc) is 2.80. The summed E-state index contributed by atoms with van der Waals surface area (Å²) in [6, 6.07) is 1.41. The fourth-order valence-corrected chi connectivity index (χ4v) is 2.62. The number of hydrogen-bond acceptors (Lipinski definition) is 5. The zero-order valence-corrected chi connectivity index (χ0v) is 11.5. The molecule has 0 amide bonds. The molecule has 1 aliphatic carbocycles. The topological polar surface area (TPSA) is 105 Å². The summed E-state index contributed by atoms with van der Waals surface area (Å²) in [6.45, 7) is 0. The highest BCUT2D eigenvalue weighted by Gasteiger charge is 2.30. The van der Waals surface area contributed by atoms with Gasteiger partial charge in [-0.2, -0.15) is 0 Å². The van der Waals surface area contributed by atoms with Crippen LogP contribution in [0.5, 0.6) is 0 Å². The molecule has 2 N–H and O–H groups in total.